The van der Waals surface area contributed by atoms with Crippen molar-refractivity contribution in [2.24, 2.45) is 0 Å². The Bertz CT molecular complexity index is 722. The Kier molecular flexibility index (Phi) is 3.54. The highest BCUT2D eigenvalue weighted by atomic mass is 32.2. The molecule has 0 N–H and O–H groups in total. The molecule has 1 aromatic carbocycles. The van der Waals surface area contributed by atoms with Gasteiger partial charge in [0.25, 0.3) is 10.0 Å². The fourth-order valence-corrected chi connectivity index (χ4v) is 5.02. The third-order valence-corrected chi connectivity index (χ3v) is 6.54. The van der Waals surface area contributed by atoms with Crippen LogP contribution in [0.15, 0.2) is 40.6 Å². The fraction of sp³-hybridized carbons (Fsp3) is 0.286. The lowest BCUT2D eigenvalue weighted by Gasteiger charge is -2.18. The van der Waals surface area contributed by atoms with Crippen molar-refractivity contribution < 1.29 is 13.2 Å². The van der Waals surface area contributed by atoms with E-state index in [9.17, 15) is 8.42 Å². The molecule has 6 heteroatoms. The zero-order valence-electron chi connectivity index (χ0n) is 11.1. The first-order valence-corrected chi connectivity index (χ1v) is 8.60. The van der Waals surface area contributed by atoms with Crippen molar-refractivity contribution in [1.82, 2.24) is 4.31 Å². The standard InChI is InChI=1S/C14H15NO3S2/c1-11-6-7-14(19-11)20(16,17)15-8-9-18-13-5-3-2-4-12(13)10-15/h2-7H,8-10H2,1H3. The summed E-state index contributed by atoms with van der Waals surface area (Å²) in [6.07, 6.45) is 0. The van der Waals surface area contributed by atoms with Gasteiger partial charge in [0, 0.05) is 23.5 Å². The lowest BCUT2D eigenvalue weighted by molar-refractivity contribution is 0.293. The molecular weight excluding hydrogens is 294 g/mol. The first-order chi connectivity index (χ1) is 9.57. The molecule has 0 bridgehead atoms. The number of para-hydroxylation sites is 1. The van der Waals surface area contributed by atoms with Crippen LogP contribution >= 0.6 is 11.3 Å². The van der Waals surface area contributed by atoms with Crippen LogP contribution in [0.2, 0.25) is 0 Å². The summed E-state index contributed by atoms with van der Waals surface area (Å²) in [4.78, 5) is 0.995. The van der Waals surface area contributed by atoms with Crippen molar-refractivity contribution >= 4 is 21.4 Å². The summed E-state index contributed by atoms with van der Waals surface area (Å²) < 4.78 is 32.8. The lowest BCUT2D eigenvalue weighted by atomic mass is 10.2. The van der Waals surface area contributed by atoms with E-state index in [4.69, 9.17) is 4.74 Å². The second-order valence-corrected chi connectivity index (χ2v) is 8.11. The van der Waals surface area contributed by atoms with Crippen LogP contribution in [0.4, 0.5) is 0 Å². The van der Waals surface area contributed by atoms with Gasteiger partial charge in [-0.3, -0.25) is 0 Å². The van der Waals surface area contributed by atoms with Crippen LogP contribution in [-0.4, -0.2) is 25.9 Å². The van der Waals surface area contributed by atoms with Gasteiger partial charge in [0.1, 0.15) is 16.6 Å². The van der Waals surface area contributed by atoms with Crippen LogP contribution in [-0.2, 0) is 16.6 Å². The van der Waals surface area contributed by atoms with Crippen molar-refractivity contribution in [2.75, 3.05) is 13.2 Å². The first-order valence-electron chi connectivity index (χ1n) is 6.35. The normalized spacial score (nSPS) is 16.2. The molecule has 1 aromatic heterocycles. The molecule has 0 atom stereocenters. The number of hydrogen-bond donors (Lipinski definition) is 0. The Balaban J connectivity index is 1.95. The predicted octanol–water partition coefficient (Wildman–Crippen LogP) is 2.64. The second-order valence-electron chi connectivity index (χ2n) is 4.66. The zero-order valence-corrected chi connectivity index (χ0v) is 12.7. The average molecular weight is 309 g/mol. The first kappa shape index (κ1) is 13.6. The summed E-state index contributed by atoms with van der Waals surface area (Å²) in [6, 6.07) is 11.1. The maximum absolute atomic E-state index is 12.6. The second kappa shape index (κ2) is 5.20. The van der Waals surface area contributed by atoms with Gasteiger partial charge in [0.05, 0.1) is 0 Å². The molecule has 0 aliphatic carbocycles. The van der Waals surface area contributed by atoms with Gasteiger partial charge in [0.15, 0.2) is 0 Å². The molecule has 2 heterocycles. The summed E-state index contributed by atoms with van der Waals surface area (Å²) in [5.41, 5.74) is 0.904. The third kappa shape index (κ3) is 2.46. The minimum absolute atomic E-state index is 0.357. The van der Waals surface area contributed by atoms with Gasteiger partial charge in [-0.05, 0) is 25.1 Å². The predicted molar refractivity (Wildman–Crippen MR) is 78.6 cm³/mol. The molecule has 0 saturated heterocycles. The van der Waals surface area contributed by atoms with Crippen LogP contribution in [0.5, 0.6) is 5.75 Å². The largest absolute Gasteiger partial charge is 0.492 e. The summed E-state index contributed by atoms with van der Waals surface area (Å²) >= 11 is 1.31. The fourth-order valence-electron chi connectivity index (χ4n) is 2.18. The van der Waals surface area contributed by atoms with E-state index in [0.717, 1.165) is 16.2 Å². The van der Waals surface area contributed by atoms with Gasteiger partial charge in [-0.2, -0.15) is 4.31 Å². The highest BCUT2D eigenvalue weighted by Gasteiger charge is 2.28. The minimum Gasteiger partial charge on any atom is -0.492 e. The molecule has 1 aliphatic heterocycles. The van der Waals surface area contributed by atoms with Gasteiger partial charge in [-0.25, -0.2) is 8.42 Å². The summed E-state index contributed by atoms with van der Waals surface area (Å²) in [6.45, 7) is 3.01. The summed E-state index contributed by atoms with van der Waals surface area (Å²) in [5.74, 6) is 0.771. The molecule has 3 rings (SSSR count). The van der Waals surface area contributed by atoms with Gasteiger partial charge in [-0.1, -0.05) is 18.2 Å². The summed E-state index contributed by atoms with van der Waals surface area (Å²) in [7, 11) is -3.44. The van der Waals surface area contributed by atoms with Gasteiger partial charge in [0.2, 0.25) is 0 Å². The molecule has 0 unspecified atom stereocenters. The molecule has 20 heavy (non-hydrogen) atoms. The van der Waals surface area contributed by atoms with Crippen molar-refractivity contribution in [3.05, 3.63) is 46.8 Å². The SMILES string of the molecule is Cc1ccc(S(=O)(=O)N2CCOc3ccccc3C2)s1. The average Bonchev–Trinajstić information content (AvgIpc) is 2.75. The van der Waals surface area contributed by atoms with E-state index >= 15 is 0 Å². The summed E-state index contributed by atoms with van der Waals surface area (Å²) in [5, 5.41) is 0. The van der Waals surface area contributed by atoms with Crippen LogP contribution in [0, 0.1) is 6.92 Å². The van der Waals surface area contributed by atoms with E-state index in [1.165, 1.54) is 15.6 Å². The quantitative estimate of drug-likeness (QED) is 0.857. The highest BCUT2D eigenvalue weighted by molar-refractivity contribution is 7.91. The van der Waals surface area contributed by atoms with Crippen molar-refractivity contribution in [1.29, 1.82) is 0 Å². The number of benzene rings is 1. The molecule has 0 fully saturated rings. The Hall–Kier alpha value is -1.37. The van der Waals surface area contributed by atoms with Gasteiger partial charge >= 0.3 is 0 Å². The van der Waals surface area contributed by atoms with Crippen LogP contribution in [0.3, 0.4) is 0 Å². The van der Waals surface area contributed by atoms with Crippen molar-refractivity contribution in [2.45, 2.75) is 17.7 Å². The number of hydrogen-bond acceptors (Lipinski definition) is 4. The number of fused-ring (bicyclic) bond motifs is 1. The van der Waals surface area contributed by atoms with Crippen molar-refractivity contribution in [3.63, 3.8) is 0 Å². The maximum Gasteiger partial charge on any atom is 0.252 e. The number of rotatable bonds is 2. The number of nitrogens with zero attached hydrogens (tertiary/aromatic N) is 1. The van der Waals surface area contributed by atoms with E-state index < -0.39 is 10.0 Å². The number of ether oxygens (including phenoxy) is 1. The topological polar surface area (TPSA) is 46.6 Å². The van der Waals surface area contributed by atoms with Crippen LogP contribution < -0.4 is 4.74 Å². The van der Waals surface area contributed by atoms with E-state index in [0.29, 0.717) is 23.9 Å². The molecule has 0 spiro atoms. The number of sulfonamides is 1. The van der Waals surface area contributed by atoms with E-state index in [1.54, 1.807) is 6.07 Å². The maximum atomic E-state index is 12.6. The smallest absolute Gasteiger partial charge is 0.252 e. The minimum atomic E-state index is -3.44. The Morgan fingerprint density at radius 3 is 2.75 bits per heavy atom. The van der Waals surface area contributed by atoms with E-state index in [1.807, 2.05) is 37.3 Å². The molecule has 0 amide bonds. The number of thiophene rings is 1. The molecule has 1 aliphatic rings. The lowest BCUT2D eigenvalue weighted by Crippen LogP contribution is -2.32. The number of aryl methyl sites for hydroxylation is 1. The Labute approximate surface area is 122 Å². The highest BCUT2D eigenvalue weighted by Crippen LogP contribution is 2.29. The van der Waals surface area contributed by atoms with Crippen LogP contribution in [0.25, 0.3) is 0 Å². The molecular formula is C14H15NO3S2. The van der Waals surface area contributed by atoms with Gasteiger partial charge < -0.3 is 4.74 Å². The third-order valence-electron chi connectivity index (χ3n) is 3.23. The Morgan fingerprint density at radius 1 is 1.20 bits per heavy atom. The van der Waals surface area contributed by atoms with Crippen LogP contribution in [0.1, 0.15) is 10.4 Å². The van der Waals surface area contributed by atoms with E-state index in [2.05, 4.69) is 0 Å². The molecule has 4 nitrogen and oxygen atoms in total. The van der Waals surface area contributed by atoms with Gasteiger partial charge in [-0.15, -0.1) is 11.3 Å². The van der Waals surface area contributed by atoms with E-state index in [-0.39, 0.29) is 0 Å². The molecule has 0 radical (unpaired) electrons. The zero-order chi connectivity index (χ0) is 14.2. The Morgan fingerprint density at radius 2 is 2.00 bits per heavy atom. The molecule has 106 valence electrons. The van der Waals surface area contributed by atoms with Crippen molar-refractivity contribution in [3.8, 4) is 5.75 Å². The monoisotopic (exact) mass is 309 g/mol. The molecule has 0 saturated carbocycles. The molecule has 2 aromatic rings.